The van der Waals surface area contributed by atoms with Crippen LogP contribution in [0, 0.1) is 18.8 Å². The molecule has 0 aliphatic carbocycles. The molecule has 2 aromatic carbocycles. The molecule has 0 aromatic heterocycles. The summed E-state index contributed by atoms with van der Waals surface area (Å²) in [5, 5.41) is 0. The second-order valence-electron chi connectivity index (χ2n) is 4.92. The maximum atomic E-state index is 11.9. The SMILES string of the molecule is COC(=O)/C(=C/c1ccc(C)cc1)CC#Cc1ccccc1. The number of carbonyl (C=O) groups is 1. The number of hydrogen-bond donors (Lipinski definition) is 0. The lowest BCUT2D eigenvalue weighted by Crippen LogP contribution is -2.04. The number of rotatable bonds is 3. The molecule has 0 spiro atoms. The lowest BCUT2D eigenvalue weighted by Gasteiger charge is -2.02. The topological polar surface area (TPSA) is 26.3 Å². The Morgan fingerprint density at radius 1 is 1.09 bits per heavy atom. The first-order valence-electron chi connectivity index (χ1n) is 7.08. The van der Waals surface area contributed by atoms with E-state index in [0.29, 0.717) is 12.0 Å². The second kappa shape index (κ2) is 7.85. The van der Waals surface area contributed by atoms with Gasteiger partial charge in [0.05, 0.1) is 7.11 Å². The number of esters is 1. The van der Waals surface area contributed by atoms with Gasteiger partial charge < -0.3 is 4.74 Å². The van der Waals surface area contributed by atoms with E-state index in [1.54, 1.807) is 0 Å². The van der Waals surface area contributed by atoms with Crippen LogP contribution >= 0.6 is 0 Å². The summed E-state index contributed by atoms with van der Waals surface area (Å²) < 4.78 is 4.84. The molecule has 2 nitrogen and oxygen atoms in total. The van der Waals surface area contributed by atoms with E-state index in [-0.39, 0.29) is 5.97 Å². The molecular weight excluding hydrogens is 272 g/mol. The maximum absolute atomic E-state index is 11.9. The third-order valence-electron chi connectivity index (χ3n) is 3.15. The first kappa shape index (κ1) is 15.6. The van der Waals surface area contributed by atoms with Gasteiger partial charge in [-0.15, -0.1) is 0 Å². The smallest absolute Gasteiger partial charge is 0.334 e. The van der Waals surface area contributed by atoms with Crippen molar-refractivity contribution in [3.8, 4) is 11.8 Å². The van der Waals surface area contributed by atoms with Gasteiger partial charge in [-0.05, 0) is 30.7 Å². The summed E-state index contributed by atoms with van der Waals surface area (Å²) in [6, 6.07) is 17.7. The van der Waals surface area contributed by atoms with Crippen molar-refractivity contribution in [1.82, 2.24) is 0 Å². The normalized spacial score (nSPS) is 10.5. The molecule has 0 radical (unpaired) electrons. The molecule has 2 aromatic rings. The molecule has 2 heteroatoms. The Balaban J connectivity index is 2.18. The standard InChI is InChI=1S/C20H18O2/c1-16-11-13-18(14-12-16)15-19(20(21)22-2)10-6-9-17-7-4-3-5-8-17/h3-5,7-8,11-15H,10H2,1-2H3/b19-15+. The van der Waals surface area contributed by atoms with E-state index in [9.17, 15) is 4.79 Å². The van der Waals surface area contributed by atoms with Crippen LogP contribution in [0.25, 0.3) is 6.08 Å². The Labute approximate surface area is 131 Å². The first-order valence-corrected chi connectivity index (χ1v) is 7.08. The van der Waals surface area contributed by atoms with Crippen molar-refractivity contribution >= 4 is 12.0 Å². The molecule has 0 saturated carbocycles. The fourth-order valence-electron chi connectivity index (χ4n) is 1.94. The lowest BCUT2D eigenvalue weighted by molar-refractivity contribution is -0.136. The van der Waals surface area contributed by atoms with Crippen molar-refractivity contribution in [3.05, 3.63) is 76.9 Å². The van der Waals surface area contributed by atoms with Gasteiger partial charge in [-0.1, -0.05) is 59.9 Å². The summed E-state index contributed by atoms with van der Waals surface area (Å²) in [5.41, 5.74) is 3.63. The monoisotopic (exact) mass is 290 g/mol. The van der Waals surface area contributed by atoms with Crippen molar-refractivity contribution in [1.29, 1.82) is 0 Å². The molecule has 2 rings (SSSR count). The van der Waals surface area contributed by atoms with Crippen LogP contribution in [0.3, 0.4) is 0 Å². The van der Waals surface area contributed by atoms with Crippen LogP contribution in [0.1, 0.15) is 23.1 Å². The second-order valence-corrected chi connectivity index (χ2v) is 4.92. The molecule has 0 unspecified atom stereocenters. The third kappa shape index (κ3) is 4.64. The van der Waals surface area contributed by atoms with Crippen LogP contribution in [0.5, 0.6) is 0 Å². The number of hydrogen-bond acceptors (Lipinski definition) is 2. The molecule has 0 fully saturated rings. The Kier molecular flexibility index (Phi) is 5.57. The van der Waals surface area contributed by atoms with Crippen molar-refractivity contribution in [2.45, 2.75) is 13.3 Å². The number of ether oxygens (including phenoxy) is 1. The quantitative estimate of drug-likeness (QED) is 0.485. The number of benzene rings is 2. The molecule has 0 bridgehead atoms. The van der Waals surface area contributed by atoms with Gasteiger partial charge in [0.15, 0.2) is 0 Å². The average Bonchev–Trinajstić information content (AvgIpc) is 2.56. The van der Waals surface area contributed by atoms with Gasteiger partial charge >= 0.3 is 5.97 Å². The summed E-state index contributed by atoms with van der Waals surface area (Å²) in [5.74, 6) is 5.74. The fourth-order valence-corrected chi connectivity index (χ4v) is 1.94. The van der Waals surface area contributed by atoms with Crippen molar-refractivity contribution in [2.24, 2.45) is 0 Å². The molecule has 110 valence electrons. The molecule has 0 aliphatic heterocycles. The van der Waals surface area contributed by atoms with Crippen LogP contribution in [-0.2, 0) is 9.53 Å². The predicted molar refractivity (Wildman–Crippen MR) is 89.1 cm³/mol. The van der Waals surface area contributed by atoms with Crippen LogP contribution in [0.2, 0.25) is 0 Å². The van der Waals surface area contributed by atoms with E-state index >= 15 is 0 Å². The van der Waals surface area contributed by atoms with Gasteiger partial charge in [-0.25, -0.2) is 4.79 Å². The van der Waals surface area contributed by atoms with Gasteiger partial charge in [0.2, 0.25) is 0 Å². The van der Waals surface area contributed by atoms with E-state index in [1.807, 2.05) is 67.6 Å². The zero-order chi connectivity index (χ0) is 15.8. The zero-order valence-corrected chi connectivity index (χ0v) is 12.8. The fraction of sp³-hybridized carbons (Fsp3) is 0.150. The van der Waals surface area contributed by atoms with E-state index in [0.717, 1.165) is 11.1 Å². The van der Waals surface area contributed by atoms with Crippen LogP contribution in [0.15, 0.2) is 60.2 Å². The van der Waals surface area contributed by atoms with Crippen LogP contribution < -0.4 is 0 Å². The molecule has 0 N–H and O–H groups in total. The van der Waals surface area contributed by atoms with Gasteiger partial charge in [0, 0.05) is 17.6 Å². The highest BCUT2D eigenvalue weighted by atomic mass is 16.5. The number of carbonyl (C=O) groups excluding carboxylic acids is 1. The Bertz CT molecular complexity index is 714. The maximum Gasteiger partial charge on any atom is 0.334 e. The summed E-state index contributed by atoms with van der Waals surface area (Å²) in [4.78, 5) is 11.9. The molecule has 0 amide bonds. The van der Waals surface area contributed by atoms with Crippen LogP contribution in [0.4, 0.5) is 0 Å². The van der Waals surface area contributed by atoms with E-state index in [2.05, 4.69) is 11.8 Å². The van der Waals surface area contributed by atoms with Gasteiger partial charge in [0.1, 0.15) is 0 Å². The molecule has 22 heavy (non-hydrogen) atoms. The third-order valence-corrected chi connectivity index (χ3v) is 3.15. The van der Waals surface area contributed by atoms with Crippen LogP contribution in [-0.4, -0.2) is 13.1 Å². The Hall–Kier alpha value is -2.79. The van der Waals surface area contributed by atoms with Crippen molar-refractivity contribution in [2.75, 3.05) is 7.11 Å². The minimum atomic E-state index is -0.345. The zero-order valence-electron chi connectivity index (χ0n) is 12.8. The molecule has 0 heterocycles. The van der Waals surface area contributed by atoms with Crippen molar-refractivity contribution in [3.63, 3.8) is 0 Å². The minimum absolute atomic E-state index is 0.345. The molecule has 0 saturated heterocycles. The summed E-state index contributed by atoms with van der Waals surface area (Å²) in [6.07, 6.45) is 2.18. The van der Waals surface area contributed by atoms with Gasteiger partial charge in [-0.2, -0.15) is 0 Å². The lowest BCUT2D eigenvalue weighted by atomic mass is 10.1. The van der Waals surface area contributed by atoms with Crippen molar-refractivity contribution < 1.29 is 9.53 Å². The average molecular weight is 290 g/mol. The summed E-state index contributed by atoms with van der Waals surface area (Å²) in [6.45, 7) is 2.03. The molecular formula is C20H18O2. The molecule has 0 atom stereocenters. The summed E-state index contributed by atoms with van der Waals surface area (Å²) in [7, 11) is 1.38. The van der Waals surface area contributed by atoms with E-state index in [4.69, 9.17) is 4.74 Å². The van der Waals surface area contributed by atoms with Gasteiger partial charge in [-0.3, -0.25) is 0 Å². The number of aryl methyl sites for hydroxylation is 1. The highest BCUT2D eigenvalue weighted by molar-refractivity contribution is 5.94. The minimum Gasteiger partial charge on any atom is -0.466 e. The van der Waals surface area contributed by atoms with E-state index in [1.165, 1.54) is 12.7 Å². The Morgan fingerprint density at radius 2 is 1.77 bits per heavy atom. The first-order chi connectivity index (χ1) is 10.7. The van der Waals surface area contributed by atoms with E-state index < -0.39 is 0 Å². The predicted octanol–water partition coefficient (Wildman–Crippen LogP) is 3.99. The number of methoxy groups -OCH3 is 1. The largest absolute Gasteiger partial charge is 0.466 e. The highest BCUT2D eigenvalue weighted by Gasteiger charge is 2.08. The van der Waals surface area contributed by atoms with Gasteiger partial charge in [0.25, 0.3) is 0 Å². The molecule has 0 aliphatic rings. The highest BCUT2D eigenvalue weighted by Crippen LogP contribution is 2.12. The summed E-state index contributed by atoms with van der Waals surface area (Å²) >= 11 is 0. The Morgan fingerprint density at radius 3 is 2.41 bits per heavy atom.